The van der Waals surface area contributed by atoms with Crippen LogP contribution in [0, 0.1) is 46.5 Å². The maximum Gasteiger partial charge on any atom is 0.268 e. The predicted molar refractivity (Wildman–Crippen MR) is 234 cm³/mol. The largest absolute Gasteiger partial charge is 0.496 e. The molecular weight excluding hydrogens is 805 g/mol. The summed E-state index contributed by atoms with van der Waals surface area (Å²) in [6.07, 6.45) is 4.26. The van der Waals surface area contributed by atoms with E-state index < -0.39 is 41.3 Å². The molecule has 2 fully saturated rings. The van der Waals surface area contributed by atoms with Gasteiger partial charge in [-0.2, -0.15) is 10.5 Å². The average Bonchev–Trinajstić information content (AvgIpc) is 4.11. The number of carbonyl (C=O) groups is 5. The Hall–Kier alpha value is -7.08. The van der Waals surface area contributed by atoms with E-state index in [1.54, 1.807) is 30.3 Å². The number of benzene rings is 2. The number of nitrogens with one attached hydrogen (secondary N) is 8. The number of hydrazine groups is 1. The van der Waals surface area contributed by atoms with Crippen LogP contribution in [0.2, 0.25) is 0 Å². The van der Waals surface area contributed by atoms with E-state index in [1.807, 2.05) is 51.2 Å². The Bertz CT molecular complexity index is 2460. The van der Waals surface area contributed by atoms with E-state index in [4.69, 9.17) is 9.73 Å². The zero-order chi connectivity index (χ0) is 44.8. The molecule has 0 bridgehead atoms. The van der Waals surface area contributed by atoms with Gasteiger partial charge in [-0.25, -0.2) is 5.01 Å². The molecule has 3 aliphatic rings. The van der Waals surface area contributed by atoms with Crippen LogP contribution in [0.3, 0.4) is 0 Å². The van der Waals surface area contributed by atoms with Crippen LogP contribution in [0.15, 0.2) is 59.6 Å². The highest BCUT2D eigenvalue weighted by atomic mass is 16.5. The number of aliphatic imine (C=N–C) groups is 1. The van der Waals surface area contributed by atoms with Crippen LogP contribution >= 0.6 is 0 Å². The molecule has 330 valence electrons. The first-order valence-corrected chi connectivity index (χ1v) is 21.4. The third kappa shape index (κ3) is 10.2. The number of hydrogen-bond acceptors (Lipinski definition) is 11. The van der Waals surface area contributed by atoms with Gasteiger partial charge in [0.1, 0.15) is 34.6 Å². The number of H-pyrrole nitrogens is 2. The van der Waals surface area contributed by atoms with Crippen LogP contribution < -0.4 is 36.7 Å². The Morgan fingerprint density at radius 2 is 1.70 bits per heavy atom. The summed E-state index contributed by atoms with van der Waals surface area (Å²) in [5.41, 5.74) is 3.57. The maximum absolute atomic E-state index is 13.9. The lowest BCUT2D eigenvalue weighted by molar-refractivity contribution is -0.129. The van der Waals surface area contributed by atoms with Crippen molar-refractivity contribution in [1.82, 2.24) is 47.0 Å². The Labute approximate surface area is 364 Å². The lowest BCUT2D eigenvalue weighted by Gasteiger charge is -2.27. The van der Waals surface area contributed by atoms with Gasteiger partial charge in [0, 0.05) is 40.3 Å². The molecule has 2 saturated heterocycles. The van der Waals surface area contributed by atoms with Gasteiger partial charge in [0.15, 0.2) is 6.19 Å². The Balaban J connectivity index is 0.988. The van der Waals surface area contributed by atoms with E-state index in [1.165, 1.54) is 7.11 Å². The van der Waals surface area contributed by atoms with Gasteiger partial charge in [0.2, 0.25) is 11.8 Å². The smallest absolute Gasteiger partial charge is 0.268 e. The Morgan fingerprint density at radius 3 is 2.41 bits per heavy atom. The second kappa shape index (κ2) is 18.9. The number of amidine groups is 1. The van der Waals surface area contributed by atoms with Gasteiger partial charge in [-0.15, -0.1) is 0 Å². The van der Waals surface area contributed by atoms with Crippen molar-refractivity contribution in [2.45, 2.75) is 83.0 Å². The molecule has 5 heterocycles. The maximum atomic E-state index is 13.9. The molecular formula is C45H54N12O6. The molecule has 2 aromatic carbocycles. The predicted octanol–water partition coefficient (Wildman–Crippen LogP) is 3.13. The number of nitriles is 2. The molecule has 3 aliphatic heterocycles. The molecule has 4 aromatic rings. The lowest BCUT2D eigenvalue weighted by atomic mass is 9.85. The second-order valence-corrected chi connectivity index (χ2v) is 17.5. The van der Waals surface area contributed by atoms with Crippen molar-refractivity contribution in [3.8, 4) is 18.0 Å². The fourth-order valence-electron chi connectivity index (χ4n) is 8.93. The minimum absolute atomic E-state index is 0.0226. The van der Waals surface area contributed by atoms with Crippen LogP contribution in [0.25, 0.3) is 21.8 Å². The number of fused-ring (bicyclic) bond motifs is 2. The minimum Gasteiger partial charge on any atom is -0.496 e. The summed E-state index contributed by atoms with van der Waals surface area (Å²) < 4.78 is 5.45. The topological polar surface area (TPSA) is 262 Å². The van der Waals surface area contributed by atoms with Crippen molar-refractivity contribution < 1.29 is 28.7 Å². The molecule has 8 N–H and O–H groups in total. The van der Waals surface area contributed by atoms with Crippen LogP contribution in [0.5, 0.6) is 5.75 Å². The highest BCUT2D eigenvalue weighted by Crippen LogP contribution is 2.32. The third-order valence-electron chi connectivity index (χ3n) is 12.1. The summed E-state index contributed by atoms with van der Waals surface area (Å²) >= 11 is 0. The minimum atomic E-state index is -1.16. The summed E-state index contributed by atoms with van der Waals surface area (Å²) in [5, 5.41) is 38.1. The average molecular weight is 859 g/mol. The number of rotatable bonds is 18. The number of aromatic nitrogens is 2. The van der Waals surface area contributed by atoms with E-state index >= 15 is 0 Å². The van der Waals surface area contributed by atoms with E-state index in [0.29, 0.717) is 60.4 Å². The number of ether oxygens (including phenoxy) is 1. The summed E-state index contributed by atoms with van der Waals surface area (Å²) in [4.78, 5) is 77.7. The molecule has 7 rings (SSSR count). The molecule has 63 heavy (non-hydrogen) atoms. The van der Waals surface area contributed by atoms with Crippen molar-refractivity contribution in [2.24, 2.45) is 28.7 Å². The van der Waals surface area contributed by atoms with E-state index in [2.05, 4.69) is 48.0 Å². The molecule has 7 unspecified atom stereocenters. The molecule has 0 radical (unpaired) electrons. The first kappa shape index (κ1) is 44.0. The van der Waals surface area contributed by atoms with Crippen molar-refractivity contribution in [3.63, 3.8) is 0 Å². The Kier molecular flexibility index (Phi) is 13.2. The van der Waals surface area contributed by atoms with Crippen molar-refractivity contribution in [2.75, 3.05) is 26.7 Å². The standard InChI is InChI=1S/C45H54N12O6/c1-25(2)14-34(53-42(60)36-18-27-8-5-6-9-32(27)51-36)39-49-23-45(22-46,55-39)20-29-17-30(50-41(29)59)15-26(3)16-35(44(62)56-57(24-47)21-28-12-13-48-40(28)58)54-43(61)37-19-31-33(52-37)10-7-11-38(31)63-4/h5-11,18-19,25-26,28-30,34-35,51-52H,12-17,20-21,23H2,1-4H3,(H,48,58)(H,49,55)(H,50,59)(H,53,60)(H,54,61)(H,56,62). The summed E-state index contributed by atoms with van der Waals surface area (Å²) in [6.45, 7) is 6.58. The van der Waals surface area contributed by atoms with E-state index in [0.717, 1.165) is 15.9 Å². The van der Waals surface area contributed by atoms with Crippen LogP contribution in [-0.4, -0.2) is 101 Å². The van der Waals surface area contributed by atoms with Crippen LogP contribution in [0.4, 0.5) is 0 Å². The van der Waals surface area contributed by atoms with Gasteiger partial charge in [-0.1, -0.05) is 45.0 Å². The summed E-state index contributed by atoms with van der Waals surface area (Å²) in [5.74, 6) is -1.81. The molecule has 18 nitrogen and oxygen atoms in total. The quantitative estimate of drug-likeness (QED) is 0.0412. The Morgan fingerprint density at radius 1 is 0.952 bits per heavy atom. The fraction of sp³-hybridized carbons (Fsp3) is 0.467. The first-order valence-electron chi connectivity index (χ1n) is 21.4. The molecule has 0 spiro atoms. The summed E-state index contributed by atoms with van der Waals surface area (Å²) in [7, 11) is 1.53. The number of carbonyl (C=O) groups excluding carboxylic acids is 5. The number of methoxy groups -OCH3 is 1. The van der Waals surface area contributed by atoms with Gasteiger partial charge < -0.3 is 41.3 Å². The van der Waals surface area contributed by atoms with Gasteiger partial charge in [0.25, 0.3) is 17.7 Å². The number of para-hydroxylation sites is 1. The van der Waals surface area contributed by atoms with Gasteiger partial charge in [0.05, 0.1) is 38.2 Å². The highest BCUT2D eigenvalue weighted by Gasteiger charge is 2.45. The molecule has 0 saturated carbocycles. The summed E-state index contributed by atoms with van der Waals surface area (Å²) in [6, 6.07) is 17.0. The molecule has 5 amide bonds. The molecule has 18 heteroatoms. The SMILES string of the molecule is COc1cccc2[nH]c(C(=O)NC(CC(C)CC3CC(CC4(C#N)CN=C(C(CC(C)C)NC(=O)c5cc6ccccc6[nH]5)N4)C(=O)N3)C(=O)NN(C#N)CC3CCNC3=O)cc12. The molecule has 7 atom stereocenters. The number of nitrogens with zero attached hydrogens (tertiary/aromatic N) is 4. The monoisotopic (exact) mass is 858 g/mol. The van der Waals surface area contributed by atoms with Gasteiger partial charge >= 0.3 is 0 Å². The van der Waals surface area contributed by atoms with Crippen LogP contribution in [-0.2, 0) is 14.4 Å². The number of hydrogen-bond donors (Lipinski definition) is 8. The van der Waals surface area contributed by atoms with Crippen molar-refractivity contribution in [1.29, 1.82) is 10.5 Å². The third-order valence-corrected chi connectivity index (χ3v) is 12.1. The zero-order valence-corrected chi connectivity index (χ0v) is 35.8. The van der Waals surface area contributed by atoms with Gasteiger partial charge in [-0.3, -0.25) is 34.4 Å². The number of amides is 5. The van der Waals surface area contributed by atoms with E-state index in [-0.39, 0.29) is 67.2 Å². The first-order chi connectivity index (χ1) is 30.3. The van der Waals surface area contributed by atoms with E-state index in [9.17, 15) is 34.5 Å². The zero-order valence-electron chi connectivity index (χ0n) is 35.8. The lowest BCUT2D eigenvalue weighted by Crippen LogP contribution is -2.53. The molecule has 2 aromatic heterocycles. The normalized spacial score (nSPS) is 22.0. The van der Waals surface area contributed by atoms with Crippen LogP contribution in [0.1, 0.15) is 80.3 Å². The van der Waals surface area contributed by atoms with Gasteiger partial charge in [-0.05, 0) is 80.7 Å². The fourth-order valence-corrected chi connectivity index (χ4v) is 8.93. The second-order valence-electron chi connectivity index (χ2n) is 17.5. The highest BCUT2D eigenvalue weighted by molar-refractivity contribution is 6.02. The van der Waals surface area contributed by atoms with Crippen molar-refractivity contribution in [3.05, 3.63) is 66.0 Å². The molecule has 0 aliphatic carbocycles. The van der Waals surface area contributed by atoms with Crippen molar-refractivity contribution >= 4 is 57.2 Å². The number of aromatic amines is 2.